The Hall–Kier alpha value is -3.98. The Kier molecular flexibility index (Phi) is 7.24. The number of rotatable bonds is 7. The molecule has 0 aliphatic carbocycles. The molecule has 9 nitrogen and oxygen atoms in total. The second kappa shape index (κ2) is 10.1. The molecule has 0 bridgehead atoms. The minimum absolute atomic E-state index is 0.0253. The van der Waals surface area contributed by atoms with Crippen LogP contribution >= 0.6 is 11.6 Å². The van der Waals surface area contributed by atoms with Gasteiger partial charge in [-0.15, -0.1) is 0 Å². The first-order chi connectivity index (χ1) is 15.6. The van der Waals surface area contributed by atoms with Crippen LogP contribution in [0.5, 0.6) is 0 Å². The molecule has 1 heterocycles. The minimum Gasteiger partial charge on any atom is -0.323 e. The Morgan fingerprint density at radius 3 is 2.39 bits per heavy atom. The lowest BCUT2D eigenvalue weighted by Gasteiger charge is -2.15. The van der Waals surface area contributed by atoms with Gasteiger partial charge in [0.1, 0.15) is 6.04 Å². The molecule has 0 fully saturated rings. The molecule has 2 amide bonds. The summed E-state index contributed by atoms with van der Waals surface area (Å²) in [5.74, 6) is -0.676. The smallest absolute Gasteiger partial charge is 0.269 e. The van der Waals surface area contributed by atoms with Crippen LogP contribution in [0, 0.1) is 24.0 Å². The van der Waals surface area contributed by atoms with Crippen LogP contribution in [-0.2, 0) is 9.59 Å². The SMILES string of the molecule is Cc1cc(C)n(C(C)C(=O)Nc2ccc(NC(=O)C=Cc3ccc([N+](=O)[O-])cc3)cc2Cl)n1. The van der Waals surface area contributed by atoms with Gasteiger partial charge in [-0.25, -0.2) is 0 Å². The van der Waals surface area contributed by atoms with E-state index in [4.69, 9.17) is 11.6 Å². The van der Waals surface area contributed by atoms with Crippen molar-refractivity contribution in [2.45, 2.75) is 26.8 Å². The number of anilines is 2. The summed E-state index contributed by atoms with van der Waals surface area (Å²) in [5.41, 5.74) is 3.18. The molecule has 0 radical (unpaired) electrons. The lowest BCUT2D eigenvalue weighted by atomic mass is 10.2. The monoisotopic (exact) mass is 467 g/mol. The molecule has 2 aromatic carbocycles. The first-order valence-electron chi connectivity index (χ1n) is 10.0. The molecular formula is C23H22ClN5O4. The number of nitrogens with one attached hydrogen (secondary N) is 2. The lowest BCUT2D eigenvalue weighted by molar-refractivity contribution is -0.384. The summed E-state index contributed by atoms with van der Waals surface area (Å²) in [5, 5.41) is 20.7. The topological polar surface area (TPSA) is 119 Å². The number of non-ortho nitro benzene ring substituents is 1. The maximum Gasteiger partial charge on any atom is 0.269 e. The highest BCUT2D eigenvalue weighted by Crippen LogP contribution is 2.26. The quantitative estimate of drug-likeness (QED) is 0.290. The first kappa shape index (κ1) is 23.7. The second-order valence-electron chi connectivity index (χ2n) is 7.40. The van der Waals surface area contributed by atoms with Crippen LogP contribution in [0.2, 0.25) is 5.02 Å². The third-order valence-corrected chi connectivity index (χ3v) is 5.13. The van der Waals surface area contributed by atoms with E-state index in [1.807, 2.05) is 19.9 Å². The van der Waals surface area contributed by atoms with Crippen molar-refractivity contribution in [2.24, 2.45) is 0 Å². The van der Waals surface area contributed by atoms with E-state index in [1.165, 1.54) is 30.4 Å². The molecule has 0 aliphatic rings. The van der Waals surface area contributed by atoms with Gasteiger partial charge in [0, 0.05) is 29.6 Å². The summed E-state index contributed by atoms with van der Waals surface area (Å²) in [7, 11) is 0. The van der Waals surface area contributed by atoms with E-state index in [0.29, 0.717) is 16.9 Å². The van der Waals surface area contributed by atoms with Crippen LogP contribution in [-0.4, -0.2) is 26.5 Å². The number of carbonyl (C=O) groups is 2. The van der Waals surface area contributed by atoms with Gasteiger partial charge < -0.3 is 10.6 Å². The van der Waals surface area contributed by atoms with Crippen LogP contribution in [0.1, 0.15) is 29.9 Å². The molecule has 10 heteroatoms. The van der Waals surface area contributed by atoms with Crippen LogP contribution in [0.4, 0.5) is 17.1 Å². The van der Waals surface area contributed by atoms with Gasteiger partial charge in [0.15, 0.2) is 0 Å². The Morgan fingerprint density at radius 2 is 1.82 bits per heavy atom. The van der Waals surface area contributed by atoms with Gasteiger partial charge in [-0.05, 0) is 68.8 Å². The van der Waals surface area contributed by atoms with Crippen LogP contribution in [0.25, 0.3) is 6.08 Å². The van der Waals surface area contributed by atoms with Crippen molar-refractivity contribution in [3.05, 3.63) is 86.7 Å². The van der Waals surface area contributed by atoms with Crippen molar-refractivity contribution >= 4 is 46.6 Å². The van der Waals surface area contributed by atoms with Crippen molar-refractivity contribution in [1.29, 1.82) is 0 Å². The molecule has 33 heavy (non-hydrogen) atoms. The zero-order valence-electron chi connectivity index (χ0n) is 18.2. The molecule has 0 aliphatic heterocycles. The molecule has 0 saturated heterocycles. The summed E-state index contributed by atoms with van der Waals surface area (Å²) in [4.78, 5) is 35.0. The largest absolute Gasteiger partial charge is 0.323 e. The van der Waals surface area contributed by atoms with Crippen LogP contribution in [0.3, 0.4) is 0 Å². The van der Waals surface area contributed by atoms with Crippen molar-refractivity contribution in [3.63, 3.8) is 0 Å². The fraction of sp³-hybridized carbons (Fsp3) is 0.174. The number of nitrogens with zero attached hydrogens (tertiary/aromatic N) is 3. The second-order valence-corrected chi connectivity index (χ2v) is 7.81. The number of carbonyl (C=O) groups excluding carboxylic acids is 2. The summed E-state index contributed by atoms with van der Waals surface area (Å²) < 4.78 is 1.64. The third-order valence-electron chi connectivity index (χ3n) is 4.82. The van der Waals surface area contributed by atoms with Crippen molar-refractivity contribution in [3.8, 4) is 0 Å². The maximum atomic E-state index is 12.6. The molecule has 1 atom stereocenters. The highest BCUT2D eigenvalue weighted by atomic mass is 35.5. The first-order valence-corrected chi connectivity index (χ1v) is 10.4. The average Bonchev–Trinajstić information content (AvgIpc) is 3.11. The van der Waals surface area contributed by atoms with E-state index >= 15 is 0 Å². The maximum absolute atomic E-state index is 12.6. The number of aromatic nitrogens is 2. The molecule has 170 valence electrons. The number of amides is 2. The van der Waals surface area contributed by atoms with E-state index < -0.39 is 16.9 Å². The van der Waals surface area contributed by atoms with Gasteiger partial charge in [0.25, 0.3) is 5.69 Å². The summed E-state index contributed by atoms with van der Waals surface area (Å²) >= 11 is 6.29. The van der Waals surface area contributed by atoms with Crippen LogP contribution < -0.4 is 10.6 Å². The van der Waals surface area contributed by atoms with E-state index in [-0.39, 0.29) is 16.6 Å². The minimum atomic E-state index is -0.529. The van der Waals surface area contributed by atoms with Crippen molar-refractivity contribution in [2.75, 3.05) is 10.6 Å². The lowest BCUT2D eigenvalue weighted by Crippen LogP contribution is -2.25. The van der Waals surface area contributed by atoms with E-state index in [2.05, 4.69) is 15.7 Å². The Bertz CT molecular complexity index is 1230. The number of nitro groups is 1. The third kappa shape index (κ3) is 6.05. The standard InChI is InChI=1S/C23H22ClN5O4/c1-14-12-15(2)28(27-14)16(3)23(31)26-21-10-7-18(13-20(21)24)25-22(30)11-6-17-4-8-19(9-5-17)29(32)33/h4-13,16H,1-3H3,(H,25,30)(H,26,31). The number of nitro benzene ring substituents is 1. The molecule has 3 rings (SSSR count). The van der Waals surface area contributed by atoms with E-state index in [9.17, 15) is 19.7 Å². The zero-order valence-corrected chi connectivity index (χ0v) is 19.0. The highest BCUT2D eigenvalue weighted by Gasteiger charge is 2.19. The number of hydrogen-bond donors (Lipinski definition) is 2. The van der Waals surface area contributed by atoms with Gasteiger partial charge in [0.2, 0.25) is 11.8 Å². The molecular weight excluding hydrogens is 446 g/mol. The summed E-state index contributed by atoms with van der Waals surface area (Å²) in [6, 6.07) is 11.9. The molecule has 3 aromatic rings. The number of benzene rings is 2. The van der Waals surface area contributed by atoms with Gasteiger partial charge in [0.05, 0.1) is 21.3 Å². The van der Waals surface area contributed by atoms with E-state index in [0.717, 1.165) is 11.4 Å². The zero-order chi connectivity index (χ0) is 24.1. The molecule has 1 aromatic heterocycles. The highest BCUT2D eigenvalue weighted by molar-refractivity contribution is 6.34. The number of hydrogen-bond acceptors (Lipinski definition) is 5. The van der Waals surface area contributed by atoms with Crippen molar-refractivity contribution < 1.29 is 14.5 Å². The Balaban J connectivity index is 1.61. The Morgan fingerprint density at radius 1 is 1.12 bits per heavy atom. The summed E-state index contributed by atoms with van der Waals surface area (Å²) in [6.45, 7) is 5.48. The average molecular weight is 468 g/mol. The van der Waals surface area contributed by atoms with Crippen LogP contribution in [0.15, 0.2) is 54.6 Å². The fourth-order valence-corrected chi connectivity index (χ4v) is 3.37. The molecule has 0 saturated carbocycles. The molecule has 1 unspecified atom stereocenters. The van der Waals surface area contributed by atoms with Gasteiger partial charge in [-0.2, -0.15) is 5.10 Å². The molecule has 2 N–H and O–H groups in total. The van der Waals surface area contributed by atoms with Gasteiger partial charge >= 0.3 is 0 Å². The number of halogens is 1. The van der Waals surface area contributed by atoms with E-state index in [1.54, 1.807) is 35.9 Å². The predicted molar refractivity (Wildman–Crippen MR) is 127 cm³/mol. The molecule has 0 spiro atoms. The predicted octanol–water partition coefficient (Wildman–Crippen LogP) is 4.91. The summed E-state index contributed by atoms with van der Waals surface area (Å²) in [6.07, 6.45) is 2.84. The normalized spacial score (nSPS) is 11.9. The van der Waals surface area contributed by atoms with Gasteiger partial charge in [-0.1, -0.05) is 11.6 Å². The number of aryl methyl sites for hydroxylation is 2. The van der Waals surface area contributed by atoms with Crippen molar-refractivity contribution in [1.82, 2.24) is 9.78 Å². The van der Waals surface area contributed by atoms with Gasteiger partial charge in [-0.3, -0.25) is 24.4 Å². The Labute approximate surface area is 195 Å². The fourth-order valence-electron chi connectivity index (χ4n) is 3.14.